The first-order valence-electron chi connectivity index (χ1n) is 21.0. The highest BCUT2D eigenvalue weighted by atomic mass is 16.4. The van der Waals surface area contributed by atoms with Crippen molar-refractivity contribution in [3.63, 3.8) is 0 Å². The molecule has 0 unspecified atom stereocenters. The van der Waals surface area contributed by atoms with Crippen molar-refractivity contribution in [2.45, 2.75) is 71.3 Å². The highest BCUT2D eigenvalue weighted by Crippen LogP contribution is 2.29. The number of aromatic nitrogens is 3. The van der Waals surface area contributed by atoms with Crippen LogP contribution in [-0.2, 0) is 48.0 Å². The minimum atomic E-state index is -1.17. The Morgan fingerprint density at radius 3 is 2.26 bits per heavy atom. The van der Waals surface area contributed by atoms with E-state index in [2.05, 4.69) is 26.3 Å². The predicted molar refractivity (Wildman–Crippen MR) is 232 cm³/mol. The van der Waals surface area contributed by atoms with Crippen molar-refractivity contribution < 1.29 is 33.9 Å². The van der Waals surface area contributed by atoms with Crippen LogP contribution < -0.4 is 11.1 Å². The highest BCUT2D eigenvalue weighted by molar-refractivity contribution is 5.92. The molecule has 16 nitrogen and oxygen atoms in total. The fourth-order valence-corrected chi connectivity index (χ4v) is 7.50. The molecular weight excluding hydrogens is 779 g/mol. The molecule has 0 atom stereocenters. The molecule has 0 fully saturated rings. The van der Waals surface area contributed by atoms with Crippen molar-refractivity contribution in [2.24, 2.45) is 5.73 Å². The van der Waals surface area contributed by atoms with Crippen LogP contribution in [-0.4, -0.2) is 140 Å². The zero-order chi connectivity index (χ0) is 43.7. The van der Waals surface area contributed by atoms with E-state index >= 15 is 0 Å². The summed E-state index contributed by atoms with van der Waals surface area (Å²) in [5.74, 6) is -2.59. The Morgan fingerprint density at radius 1 is 0.787 bits per heavy atom. The number of fused-ring (bicyclic) bond motifs is 2. The number of amides is 5. The second-order valence-electron chi connectivity index (χ2n) is 15.6. The Bertz CT molecular complexity index is 2150. The predicted octanol–water partition coefficient (Wildman–Crippen LogP) is 3.15. The number of carboxylic acid groups (broad SMARTS) is 1. The SMILES string of the molecule is CC(C)N(CC(=O)O)C(=O)CN(CCC1=CCc2ccccc21)C(=O)CNC(=O)CN(CCCN)C(=O)CN(CCc1c[nH]c2ccccc12)C(=O)CCCCc1ncc[nH]1. The van der Waals surface area contributed by atoms with Crippen LogP contribution in [0.25, 0.3) is 16.5 Å². The van der Waals surface area contributed by atoms with Crippen molar-refractivity contribution in [3.8, 4) is 0 Å². The lowest BCUT2D eigenvalue weighted by molar-refractivity contribution is -0.148. The number of nitrogens with zero attached hydrogens (tertiary/aromatic N) is 5. The van der Waals surface area contributed by atoms with Gasteiger partial charge in [-0.05, 0) is 87.2 Å². The van der Waals surface area contributed by atoms with Gasteiger partial charge in [-0.3, -0.25) is 28.8 Å². The number of carboxylic acids is 1. The van der Waals surface area contributed by atoms with Crippen LogP contribution in [0.15, 0.2) is 73.2 Å². The lowest BCUT2D eigenvalue weighted by atomic mass is 10.0. The van der Waals surface area contributed by atoms with Gasteiger partial charge in [0.1, 0.15) is 12.4 Å². The van der Waals surface area contributed by atoms with Crippen LogP contribution in [0, 0.1) is 0 Å². The van der Waals surface area contributed by atoms with Gasteiger partial charge in [-0.25, -0.2) is 4.98 Å². The van der Waals surface area contributed by atoms with Crippen LogP contribution in [0.1, 0.15) is 68.5 Å². The normalized spacial score (nSPS) is 11.9. The van der Waals surface area contributed by atoms with E-state index in [1.54, 1.807) is 31.1 Å². The highest BCUT2D eigenvalue weighted by Gasteiger charge is 2.27. The van der Waals surface area contributed by atoms with Gasteiger partial charge in [0.05, 0.1) is 26.2 Å². The van der Waals surface area contributed by atoms with Crippen LogP contribution in [0.4, 0.5) is 0 Å². The molecule has 0 bridgehead atoms. The summed E-state index contributed by atoms with van der Waals surface area (Å²) in [7, 11) is 0. The quantitative estimate of drug-likeness (QED) is 0.0619. The standard InChI is InChI=1S/C45H59N9O7/c1-32(2)54(31-45(60)61)44(59)30-53(24-18-34-17-16-33-10-3-4-11-36(33)34)42(57)27-50-40(55)28-51(23-9-20-46)43(58)29-52(41(56)15-8-7-14-39-47-21-22-48-39)25-19-35-26-49-38-13-6-5-12-37(35)38/h3-6,10-13,17,21-22,26,32,49H,7-9,14-16,18-20,23-25,27-31,46H2,1-2H3,(H,47,48)(H,50,55)(H,60,61). The summed E-state index contributed by atoms with van der Waals surface area (Å²) in [4.78, 5) is 95.8. The minimum absolute atomic E-state index is 0.159. The van der Waals surface area contributed by atoms with E-state index in [4.69, 9.17) is 5.73 Å². The molecule has 1 aliphatic rings. The number of hydrogen-bond acceptors (Lipinski definition) is 8. The number of H-pyrrole nitrogens is 2. The van der Waals surface area contributed by atoms with Gasteiger partial charge >= 0.3 is 5.97 Å². The number of aromatic amines is 2. The van der Waals surface area contributed by atoms with Crippen molar-refractivity contribution >= 4 is 52.0 Å². The first-order chi connectivity index (χ1) is 29.4. The third kappa shape index (κ3) is 13.6. The summed E-state index contributed by atoms with van der Waals surface area (Å²) in [5.41, 5.74) is 11.1. The van der Waals surface area contributed by atoms with Crippen molar-refractivity contribution in [2.75, 3.05) is 58.9 Å². The fourth-order valence-electron chi connectivity index (χ4n) is 7.50. The number of unbranched alkanes of at least 4 members (excludes halogenated alkanes) is 1. The van der Waals surface area contributed by atoms with Gasteiger partial charge in [0.15, 0.2) is 0 Å². The smallest absolute Gasteiger partial charge is 0.323 e. The first-order valence-corrected chi connectivity index (χ1v) is 21.0. The number of rotatable bonds is 25. The van der Waals surface area contributed by atoms with Crippen molar-refractivity contribution in [1.82, 2.24) is 39.9 Å². The Hall–Kier alpha value is -6.29. The van der Waals surface area contributed by atoms with E-state index in [0.29, 0.717) is 32.1 Å². The van der Waals surface area contributed by atoms with Gasteiger partial charge in [0.25, 0.3) is 0 Å². The lowest BCUT2D eigenvalue weighted by Crippen LogP contribution is -2.51. The van der Waals surface area contributed by atoms with E-state index in [9.17, 15) is 33.9 Å². The number of aliphatic carboxylic acids is 1. The molecule has 0 saturated carbocycles. The zero-order valence-electron chi connectivity index (χ0n) is 35.2. The number of aryl methyl sites for hydroxylation is 1. The van der Waals surface area contributed by atoms with E-state index in [1.165, 1.54) is 20.3 Å². The van der Waals surface area contributed by atoms with Crippen LogP contribution in [0.3, 0.4) is 0 Å². The molecule has 0 saturated heterocycles. The summed E-state index contributed by atoms with van der Waals surface area (Å²) in [5, 5.41) is 13.1. The molecule has 2 aromatic carbocycles. The molecule has 5 amide bonds. The molecule has 2 heterocycles. The number of nitrogens with two attached hydrogens (primary N) is 1. The molecule has 6 N–H and O–H groups in total. The average Bonchev–Trinajstić information content (AvgIpc) is 4.02. The average molecular weight is 838 g/mol. The molecule has 326 valence electrons. The maximum absolute atomic E-state index is 13.9. The Balaban J connectivity index is 1.23. The third-order valence-electron chi connectivity index (χ3n) is 10.9. The summed E-state index contributed by atoms with van der Waals surface area (Å²) < 4.78 is 0. The molecule has 4 aromatic rings. The number of carbonyl (C=O) groups excluding carboxylic acids is 5. The number of carbonyl (C=O) groups is 6. The minimum Gasteiger partial charge on any atom is -0.480 e. The molecule has 0 aliphatic heterocycles. The Labute approximate surface area is 356 Å². The lowest BCUT2D eigenvalue weighted by Gasteiger charge is -2.30. The van der Waals surface area contributed by atoms with Gasteiger partial charge in [-0.1, -0.05) is 48.5 Å². The number of nitrogens with one attached hydrogen (secondary N) is 3. The molecule has 1 aliphatic carbocycles. The number of allylic oxidation sites excluding steroid dienone is 1. The molecule has 0 spiro atoms. The fraction of sp³-hybridized carbons (Fsp3) is 0.444. The Kier molecular flexibility index (Phi) is 17.2. The second-order valence-corrected chi connectivity index (χ2v) is 15.6. The van der Waals surface area contributed by atoms with Gasteiger partial charge < -0.3 is 45.7 Å². The summed E-state index contributed by atoms with van der Waals surface area (Å²) in [6.07, 6.45) is 11.8. The molecular formula is C45H59N9O7. The van der Waals surface area contributed by atoms with Crippen LogP contribution in [0.5, 0.6) is 0 Å². The third-order valence-corrected chi connectivity index (χ3v) is 10.9. The van der Waals surface area contributed by atoms with E-state index in [1.807, 2.05) is 54.7 Å². The van der Waals surface area contributed by atoms with Gasteiger partial charge in [-0.2, -0.15) is 0 Å². The first kappa shape index (κ1) is 45.8. The topological polar surface area (TPSA) is 218 Å². The van der Waals surface area contributed by atoms with E-state index in [-0.39, 0.29) is 58.1 Å². The molecule has 16 heteroatoms. The monoisotopic (exact) mass is 837 g/mol. The van der Waals surface area contributed by atoms with Gasteiger partial charge in [0, 0.05) is 68.0 Å². The van der Waals surface area contributed by atoms with Crippen LogP contribution in [0.2, 0.25) is 0 Å². The number of imidazole rings is 1. The maximum atomic E-state index is 13.9. The largest absolute Gasteiger partial charge is 0.480 e. The second kappa shape index (κ2) is 22.9. The van der Waals surface area contributed by atoms with Gasteiger partial charge in [-0.15, -0.1) is 0 Å². The summed E-state index contributed by atoms with van der Waals surface area (Å²) in [6, 6.07) is 15.4. The van der Waals surface area contributed by atoms with Crippen LogP contribution >= 0.6 is 0 Å². The summed E-state index contributed by atoms with van der Waals surface area (Å²) in [6.45, 7) is 2.32. The zero-order valence-corrected chi connectivity index (χ0v) is 35.2. The molecule has 5 rings (SSSR count). The van der Waals surface area contributed by atoms with Crippen molar-refractivity contribution in [1.29, 1.82) is 0 Å². The van der Waals surface area contributed by atoms with E-state index < -0.39 is 48.7 Å². The maximum Gasteiger partial charge on any atom is 0.323 e. The molecule has 61 heavy (non-hydrogen) atoms. The van der Waals surface area contributed by atoms with Gasteiger partial charge in [0.2, 0.25) is 29.5 Å². The Morgan fingerprint density at radius 2 is 1.51 bits per heavy atom. The van der Waals surface area contributed by atoms with E-state index in [0.717, 1.165) is 46.3 Å². The number of hydrogen-bond donors (Lipinski definition) is 5. The summed E-state index contributed by atoms with van der Waals surface area (Å²) >= 11 is 0. The number of benzene rings is 2. The number of para-hydroxylation sites is 1. The van der Waals surface area contributed by atoms with Crippen molar-refractivity contribution in [3.05, 3.63) is 95.7 Å². The molecule has 0 radical (unpaired) electrons. The molecule has 2 aromatic heterocycles.